The van der Waals surface area contributed by atoms with Crippen LogP contribution in [0.3, 0.4) is 0 Å². The third-order valence-corrected chi connectivity index (χ3v) is 14.2. The molecular weight excluding hydrogens is 817 g/mol. The molecule has 0 aliphatic carbocycles. The van der Waals surface area contributed by atoms with E-state index >= 15 is 0 Å². The van der Waals surface area contributed by atoms with Crippen molar-refractivity contribution in [2.45, 2.75) is 90.9 Å². The second kappa shape index (κ2) is 16.3. The molecular formula is C62H62N4O. The van der Waals surface area contributed by atoms with Gasteiger partial charge >= 0.3 is 0 Å². The van der Waals surface area contributed by atoms with Crippen LogP contribution >= 0.6 is 0 Å². The summed E-state index contributed by atoms with van der Waals surface area (Å²) in [5.41, 5.74) is 13.8. The molecule has 9 aromatic rings. The molecule has 5 nitrogen and oxygen atoms in total. The maximum absolute atomic E-state index is 7.04. The van der Waals surface area contributed by atoms with Gasteiger partial charge in [-0.25, -0.2) is 4.98 Å². The van der Waals surface area contributed by atoms with Crippen LogP contribution < -0.4 is 14.5 Å². The number of benzene rings is 7. The first kappa shape index (κ1) is 43.8. The molecule has 3 heterocycles. The molecule has 67 heavy (non-hydrogen) atoms. The minimum absolute atomic E-state index is 0.0225. The molecule has 2 aromatic heterocycles. The fourth-order valence-corrected chi connectivity index (χ4v) is 9.83. The molecule has 0 saturated carbocycles. The van der Waals surface area contributed by atoms with Crippen LogP contribution in [0.4, 0.5) is 22.7 Å². The Morgan fingerprint density at radius 3 is 1.69 bits per heavy atom. The van der Waals surface area contributed by atoms with E-state index in [2.05, 4.69) is 260 Å². The van der Waals surface area contributed by atoms with E-state index in [1.807, 2.05) is 6.20 Å². The summed E-state index contributed by atoms with van der Waals surface area (Å²) in [5, 5.41) is 2.33. The summed E-state index contributed by atoms with van der Waals surface area (Å²) in [6.45, 7) is 23.6. The zero-order chi connectivity index (χ0) is 46.9. The Morgan fingerprint density at radius 2 is 1.00 bits per heavy atom. The molecule has 1 aliphatic heterocycles. The first-order valence-electron chi connectivity index (χ1n) is 23.7. The molecule has 336 valence electrons. The molecule has 0 amide bonds. The number of hydrogen-bond acceptors (Lipinski definition) is 4. The summed E-state index contributed by atoms with van der Waals surface area (Å²) in [4.78, 5) is 9.94. The maximum Gasteiger partial charge on any atom is 0.137 e. The Hall–Kier alpha value is -7.11. The lowest BCUT2D eigenvalue weighted by molar-refractivity contribution is 0.479. The number of anilines is 4. The lowest BCUT2D eigenvalue weighted by atomic mass is 9.78. The van der Waals surface area contributed by atoms with Gasteiger partial charge in [-0.3, -0.25) is 4.57 Å². The van der Waals surface area contributed by atoms with Crippen LogP contribution in [0.15, 0.2) is 182 Å². The van der Waals surface area contributed by atoms with Crippen molar-refractivity contribution in [2.75, 3.05) is 16.5 Å². The standard InChI is InChI=1S/C62H62N4O/c1-59(2,3)44-28-31-55-57(37-44)65(41-64(55)48-25-19-24-45(34-48)61(7,8)42-20-13-11-14-21-42)49-35-47(60(4,5)6)36-51(39-49)67-50-29-30-53-52-26-17-18-27-54(52)66(56(53)40-50)58-38-46(32-33-63-58)62(9,10)43-22-15-12-16-23-43/h11-40H,41H2,1-10H3. The smallest absolute Gasteiger partial charge is 0.137 e. The van der Waals surface area contributed by atoms with Gasteiger partial charge in [-0.15, -0.1) is 0 Å². The van der Waals surface area contributed by atoms with Crippen molar-refractivity contribution in [3.05, 3.63) is 216 Å². The van der Waals surface area contributed by atoms with Crippen LogP contribution in [0.2, 0.25) is 0 Å². The Labute approximate surface area is 397 Å². The Bertz CT molecular complexity index is 3280. The molecule has 0 unspecified atom stereocenters. The van der Waals surface area contributed by atoms with Crippen molar-refractivity contribution in [2.24, 2.45) is 0 Å². The van der Waals surface area contributed by atoms with Crippen LogP contribution in [0.1, 0.15) is 103 Å². The van der Waals surface area contributed by atoms with E-state index < -0.39 is 0 Å². The summed E-state index contributed by atoms with van der Waals surface area (Å²) >= 11 is 0. The van der Waals surface area contributed by atoms with Gasteiger partial charge in [0.2, 0.25) is 0 Å². The van der Waals surface area contributed by atoms with Gasteiger partial charge in [0, 0.05) is 51.3 Å². The minimum Gasteiger partial charge on any atom is -0.457 e. The monoisotopic (exact) mass is 878 g/mol. The second-order valence-electron chi connectivity index (χ2n) is 21.5. The number of fused-ring (bicyclic) bond motifs is 4. The molecule has 0 saturated heterocycles. The molecule has 0 bridgehead atoms. The number of hydrogen-bond donors (Lipinski definition) is 0. The van der Waals surface area contributed by atoms with Gasteiger partial charge in [0.05, 0.1) is 22.4 Å². The molecule has 0 fully saturated rings. The number of ether oxygens (including phenoxy) is 1. The SMILES string of the molecule is CC(C)(C)c1cc(Oc2ccc3c4ccccc4n(-c4cc(C(C)(C)c5ccccc5)ccn4)c3c2)cc(N2CN(c3cccc(C(C)(C)c4ccccc4)c3)c3ccc(C(C)(C)C)cc32)c1. The Morgan fingerprint density at radius 1 is 0.403 bits per heavy atom. The van der Waals surface area contributed by atoms with E-state index in [1.165, 1.54) is 55.8 Å². The highest BCUT2D eigenvalue weighted by atomic mass is 16.5. The highest BCUT2D eigenvalue weighted by Crippen LogP contribution is 2.49. The lowest BCUT2D eigenvalue weighted by Gasteiger charge is -2.29. The molecule has 1 aliphatic rings. The van der Waals surface area contributed by atoms with Crippen molar-refractivity contribution in [3.63, 3.8) is 0 Å². The number of aromatic nitrogens is 2. The number of nitrogens with zero attached hydrogens (tertiary/aromatic N) is 4. The predicted octanol–water partition coefficient (Wildman–Crippen LogP) is 16.5. The van der Waals surface area contributed by atoms with E-state index in [1.54, 1.807) is 0 Å². The summed E-state index contributed by atoms with van der Waals surface area (Å²) in [6.07, 6.45) is 1.94. The average molecular weight is 879 g/mol. The van der Waals surface area contributed by atoms with Crippen LogP contribution in [0.25, 0.3) is 27.6 Å². The molecule has 0 radical (unpaired) electrons. The summed E-state index contributed by atoms with van der Waals surface area (Å²) in [6, 6.07) is 64.0. The second-order valence-corrected chi connectivity index (χ2v) is 21.5. The van der Waals surface area contributed by atoms with Crippen molar-refractivity contribution in [1.29, 1.82) is 0 Å². The zero-order valence-corrected chi connectivity index (χ0v) is 40.7. The maximum atomic E-state index is 7.04. The lowest BCUT2D eigenvalue weighted by Crippen LogP contribution is -2.25. The van der Waals surface area contributed by atoms with Crippen LogP contribution in [-0.4, -0.2) is 16.2 Å². The number of rotatable bonds is 9. The number of pyridine rings is 1. The first-order valence-corrected chi connectivity index (χ1v) is 23.7. The van der Waals surface area contributed by atoms with Gasteiger partial charge in [0.25, 0.3) is 0 Å². The van der Waals surface area contributed by atoms with E-state index in [-0.39, 0.29) is 21.7 Å². The molecule has 0 N–H and O–H groups in total. The van der Waals surface area contributed by atoms with Crippen LogP contribution in [-0.2, 0) is 21.7 Å². The molecule has 0 atom stereocenters. The van der Waals surface area contributed by atoms with E-state index in [9.17, 15) is 0 Å². The Balaban J connectivity index is 1.06. The largest absolute Gasteiger partial charge is 0.457 e. The summed E-state index contributed by atoms with van der Waals surface area (Å²) in [5.74, 6) is 2.45. The fraction of sp³-hybridized carbons (Fsp3) is 0.242. The zero-order valence-electron chi connectivity index (χ0n) is 40.7. The van der Waals surface area contributed by atoms with Gasteiger partial charge < -0.3 is 14.5 Å². The van der Waals surface area contributed by atoms with E-state index in [0.717, 1.165) is 39.4 Å². The van der Waals surface area contributed by atoms with Gasteiger partial charge in [0.15, 0.2) is 0 Å². The van der Waals surface area contributed by atoms with E-state index in [0.29, 0.717) is 6.67 Å². The highest BCUT2D eigenvalue weighted by Gasteiger charge is 2.33. The quantitative estimate of drug-likeness (QED) is 0.145. The van der Waals surface area contributed by atoms with Crippen LogP contribution in [0, 0.1) is 0 Å². The molecule has 10 rings (SSSR count). The third kappa shape index (κ3) is 8.05. The third-order valence-electron chi connectivity index (χ3n) is 14.2. The van der Waals surface area contributed by atoms with Gasteiger partial charge in [-0.1, -0.05) is 166 Å². The molecule has 0 spiro atoms. The summed E-state index contributed by atoms with van der Waals surface area (Å²) in [7, 11) is 0. The van der Waals surface area contributed by atoms with Crippen molar-refractivity contribution in [3.8, 4) is 17.3 Å². The predicted molar refractivity (Wildman–Crippen MR) is 282 cm³/mol. The van der Waals surface area contributed by atoms with Gasteiger partial charge in [-0.2, -0.15) is 0 Å². The van der Waals surface area contributed by atoms with E-state index in [4.69, 9.17) is 9.72 Å². The van der Waals surface area contributed by atoms with Crippen molar-refractivity contribution < 1.29 is 4.74 Å². The van der Waals surface area contributed by atoms with Gasteiger partial charge in [-0.05, 0) is 111 Å². The topological polar surface area (TPSA) is 33.5 Å². The summed E-state index contributed by atoms with van der Waals surface area (Å²) < 4.78 is 9.33. The fourth-order valence-electron chi connectivity index (χ4n) is 9.83. The molecule has 7 aromatic carbocycles. The van der Waals surface area contributed by atoms with Crippen molar-refractivity contribution in [1.82, 2.24) is 9.55 Å². The first-order chi connectivity index (χ1) is 32.0. The van der Waals surface area contributed by atoms with Gasteiger partial charge in [0.1, 0.15) is 24.0 Å². The van der Waals surface area contributed by atoms with Crippen molar-refractivity contribution >= 4 is 44.6 Å². The minimum atomic E-state index is -0.216. The normalized spacial score (nSPS) is 13.4. The number of para-hydroxylation sites is 1. The molecule has 5 heteroatoms. The highest BCUT2D eigenvalue weighted by molar-refractivity contribution is 6.09. The average Bonchev–Trinajstić information content (AvgIpc) is 3.87. The van der Waals surface area contributed by atoms with Crippen LogP contribution in [0.5, 0.6) is 11.5 Å². The Kier molecular flexibility index (Phi) is 10.7.